The molecule has 0 radical (unpaired) electrons. The molecule has 2 nitrogen and oxygen atoms in total. The van der Waals surface area contributed by atoms with Crippen LogP contribution >= 0.6 is 0 Å². The van der Waals surface area contributed by atoms with E-state index in [2.05, 4.69) is 10.1 Å². The van der Waals surface area contributed by atoms with Gasteiger partial charge < -0.3 is 10.1 Å². The highest BCUT2D eigenvalue weighted by Crippen LogP contribution is 2.24. The van der Waals surface area contributed by atoms with Crippen molar-refractivity contribution in [1.29, 1.82) is 0 Å². The van der Waals surface area contributed by atoms with Gasteiger partial charge in [0.2, 0.25) is 0 Å². The first-order valence-corrected chi connectivity index (χ1v) is 5.49. The molecule has 0 bridgehead atoms. The minimum Gasteiger partial charge on any atom is -0.406 e. The molecular formula is C12H16F3NO. The van der Waals surface area contributed by atoms with E-state index >= 15 is 0 Å². The number of likely N-dealkylation sites (N-methyl/N-ethyl adjacent to an activating group) is 1. The molecule has 0 aromatic heterocycles. The number of nitrogens with one attached hydrogen (secondary N) is 1. The molecule has 0 aliphatic heterocycles. The third kappa shape index (κ3) is 5.08. The first-order valence-electron chi connectivity index (χ1n) is 5.49. The second-order valence-corrected chi connectivity index (χ2v) is 3.83. The molecule has 1 aromatic rings. The Morgan fingerprint density at radius 2 is 1.82 bits per heavy atom. The quantitative estimate of drug-likeness (QED) is 0.862. The van der Waals surface area contributed by atoms with Gasteiger partial charge in [0.1, 0.15) is 5.75 Å². The lowest BCUT2D eigenvalue weighted by Gasteiger charge is -2.13. The van der Waals surface area contributed by atoms with Crippen LogP contribution in [0.3, 0.4) is 0 Å². The molecule has 5 heteroatoms. The molecule has 0 aliphatic carbocycles. The summed E-state index contributed by atoms with van der Waals surface area (Å²) in [5, 5.41) is 3.19. The van der Waals surface area contributed by atoms with Crippen molar-refractivity contribution in [2.75, 3.05) is 13.1 Å². The highest BCUT2D eigenvalue weighted by Gasteiger charge is 2.30. The largest absolute Gasteiger partial charge is 0.573 e. The van der Waals surface area contributed by atoms with Gasteiger partial charge >= 0.3 is 6.36 Å². The molecule has 1 atom stereocenters. The third-order valence-electron chi connectivity index (χ3n) is 2.38. The number of benzene rings is 1. The van der Waals surface area contributed by atoms with Crippen molar-refractivity contribution in [2.45, 2.75) is 26.1 Å². The maximum atomic E-state index is 11.9. The molecule has 0 heterocycles. The number of rotatable bonds is 5. The van der Waals surface area contributed by atoms with E-state index in [4.69, 9.17) is 0 Å². The normalized spacial score (nSPS) is 13.5. The zero-order valence-electron chi connectivity index (χ0n) is 9.84. The van der Waals surface area contributed by atoms with E-state index < -0.39 is 6.36 Å². The van der Waals surface area contributed by atoms with Gasteiger partial charge in [0, 0.05) is 6.54 Å². The molecule has 1 unspecified atom stereocenters. The monoisotopic (exact) mass is 247 g/mol. The molecular weight excluding hydrogens is 231 g/mol. The predicted octanol–water partition coefficient (Wildman–Crippen LogP) is 3.30. The minimum atomic E-state index is -4.63. The van der Waals surface area contributed by atoms with E-state index in [1.807, 2.05) is 13.8 Å². The van der Waals surface area contributed by atoms with Gasteiger partial charge in [-0.1, -0.05) is 26.0 Å². The Kier molecular flexibility index (Phi) is 4.81. The van der Waals surface area contributed by atoms with Gasteiger partial charge in [-0.25, -0.2) is 0 Å². The van der Waals surface area contributed by atoms with Crippen molar-refractivity contribution in [3.05, 3.63) is 29.8 Å². The molecule has 1 rings (SSSR count). The number of alkyl halides is 3. The zero-order valence-corrected chi connectivity index (χ0v) is 9.84. The summed E-state index contributed by atoms with van der Waals surface area (Å²) < 4.78 is 39.6. The Bertz CT molecular complexity index is 335. The Morgan fingerprint density at radius 1 is 1.24 bits per heavy atom. The maximum Gasteiger partial charge on any atom is 0.573 e. The van der Waals surface area contributed by atoms with Crippen LogP contribution in [0.2, 0.25) is 0 Å². The summed E-state index contributed by atoms with van der Waals surface area (Å²) in [5.74, 6) is 0.0757. The van der Waals surface area contributed by atoms with Crippen LogP contribution in [0.1, 0.15) is 25.3 Å². The molecule has 0 aliphatic rings. The van der Waals surface area contributed by atoms with Gasteiger partial charge in [-0.3, -0.25) is 0 Å². The van der Waals surface area contributed by atoms with E-state index in [1.165, 1.54) is 12.1 Å². The van der Waals surface area contributed by atoms with Crippen LogP contribution in [-0.4, -0.2) is 19.5 Å². The number of ether oxygens (including phenoxy) is 1. The SMILES string of the molecule is CCNCC(C)c1ccc(OC(F)(F)F)cc1. The Hall–Kier alpha value is -1.23. The average molecular weight is 247 g/mol. The second kappa shape index (κ2) is 5.91. The topological polar surface area (TPSA) is 21.3 Å². The molecule has 0 saturated carbocycles. The van der Waals surface area contributed by atoms with Gasteiger partial charge in [-0.15, -0.1) is 13.2 Å². The van der Waals surface area contributed by atoms with Gasteiger partial charge in [-0.05, 0) is 30.2 Å². The summed E-state index contributed by atoms with van der Waals surface area (Å²) >= 11 is 0. The average Bonchev–Trinajstić information content (AvgIpc) is 2.24. The lowest BCUT2D eigenvalue weighted by Crippen LogP contribution is -2.19. The van der Waals surface area contributed by atoms with Crippen LogP contribution in [0.5, 0.6) is 5.75 Å². The summed E-state index contributed by atoms with van der Waals surface area (Å²) in [7, 11) is 0. The highest BCUT2D eigenvalue weighted by molar-refractivity contribution is 5.29. The zero-order chi connectivity index (χ0) is 12.9. The van der Waals surface area contributed by atoms with E-state index in [0.717, 1.165) is 18.7 Å². The van der Waals surface area contributed by atoms with Gasteiger partial charge in [0.05, 0.1) is 0 Å². The van der Waals surface area contributed by atoms with Crippen LogP contribution in [0.4, 0.5) is 13.2 Å². The Morgan fingerprint density at radius 3 is 2.29 bits per heavy atom. The first kappa shape index (κ1) is 13.8. The Balaban J connectivity index is 2.61. The lowest BCUT2D eigenvalue weighted by atomic mass is 10.0. The minimum absolute atomic E-state index is 0.183. The first-order chi connectivity index (χ1) is 7.92. The molecule has 0 amide bonds. The van der Waals surface area contributed by atoms with Crippen molar-refractivity contribution in [1.82, 2.24) is 5.32 Å². The van der Waals surface area contributed by atoms with Crippen molar-refractivity contribution in [3.63, 3.8) is 0 Å². The second-order valence-electron chi connectivity index (χ2n) is 3.83. The van der Waals surface area contributed by atoms with E-state index in [-0.39, 0.29) is 11.7 Å². The summed E-state index contributed by atoms with van der Waals surface area (Å²) in [5.41, 5.74) is 0.987. The summed E-state index contributed by atoms with van der Waals surface area (Å²) in [6.45, 7) is 5.70. The van der Waals surface area contributed by atoms with Crippen molar-refractivity contribution >= 4 is 0 Å². The smallest absolute Gasteiger partial charge is 0.406 e. The van der Waals surface area contributed by atoms with Crippen LogP contribution in [-0.2, 0) is 0 Å². The molecule has 1 aromatic carbocycles. The molecule has 0 fully saturated rings. The van der Waals surface area contributed by atoms with E-state index in [0.29, 0.717) is 0 Å². The van der Waals surface area contributed by atoms with Crippen LogP contribution < -0.4 is 10.1 Å². The fourth-order valence-electron chi connectivity index (χ4n) is 1.48. The fourth-order valence-corrected chi connectivity index (χ4v) is 1.48. The lowest BCUT2D eigenvalue weighted by molar-refractivity contribution is -0.274. The van der Waals surface area contributed by atoms with Crippen molar-refractivity contribution < 1.29 is 17.9 Å². The van der Waals surface area contributed by atoms with Crippen LogP contribution in [0.25, 0.3) is 0 Å². The standard InChI is InChI=1S/C12H16F3NO/c1-3-16-8-9(2)10-4-6-11(7-5-10)17-12(13,14)15/h4-7,9,16H,3,8H2,1-2H3. The van der Waals surface area contributed by atoms with E-state index in [1.54, 1.807) is 12.1 Å². The summed E-state index contributed by atoms with van der Waals surface area (Å²) in [4.78, 5) is 0. The van der Waals surface area contributed by atoms with Gasteiger partial charge in [-0.2, -0.15) is 0 Å². The third-order valence-corrected chi connectivity index (χ3v) is 2.38. The number of halogens is 3. The Labute approximate surface area is 98.8 Å². The molecule has 0 saturated heterocycles. The van der Waals surface area contributed by atoms with Crippen LogP contribution in [0, 0.1) is 0 Å². The molecule has 0 spiro atoms. The highest BCUT2D eigenvalue weighted by atomic mass is 19.4. The van der Waals surface area contributed by atoms with Gasteiger partial charge in [0.15, 0.2) is 0 Å². The molecule has 1 N–H and O–H groups in total. The maximum absolute atomic E-state index is 11.9. The molecule has 17 heavy (non-hydrogen) atoms. The predicted molar refractivity (Wildman–Crippen MR) is 60.1 cm³/mol. The van der Waals surface area contributed by atoms with E-state index in [9.17, 15) is 13.2 Å². The van der Waals surface area contributed by atoms with Crippen molar-refractivity contribution in [3.8, 4) is 5.75 Å². The summed E-state index contributed by atoms with van der Waals surface area (Å²) in [6, 6.07) is 5.99. The van der Waals surface area contributed by atoms with Crippen LogP contribution in [0.15, 0.2) is 24.3 Å². The number of hydrogen-bond acceptors (Lipinski definition) is 2. The number of hydrogen-bond donors (Lipinski definition) is 1. The van der Waals surface area contributed by atoms with Gasteiger partial charge in [0.25, 0.3) is 0 Å². The fraction of sp³-hybridized carbons (Fsp3) is 0.500. The molecule has 96 valence electrons. The van der Waals surface area contributed by atoms with Crippen molar-refractivity contribution in [2.24, 2.45) is 0 Å². The summed E-state index contributed by atoms with van der Waals surface area (Å²) in [6.07, 6.45) is -4.63.